The van der Waals surface area contributed by atoms with Gasteiger partial charge in [0.05, 0.1) is 16.1 Å². The molecule has 164 valence electrons. The van der Waals surface area contributed by atoms with Crippen LogP contribution in [0.3, 0.4) is 0 Å². The van der Waals surface area contributed by atoms with Crippen LogP contribution in [0.15, 0.2) is 71.2 Å². The van der Waals surface area contributed by atoms with Crippen molar-refractivity contribution in [2.45, 2.75) is 16.6 Å². The van der Waals surface area contributed by atoms with Crippen molar-refractivity contribution in [3.63, 3.8) is 0 Å². The molecule has 0 saturated carbocycles. The molecule has 2 aromatic heterocycles. The summed E-state index contributed by atoms with van der Waals surface area (Å²) >= 11 is 8.25. The number of aromatic nitrogens is 3. The Morgan fingerprint density at radius 2 is 1.91 bits per heavy atom. The molecule has 0 unspecified atom stereocenters. The van der Waals surface area contributed by atoms with Gasteiger partial charge >= 0.3 is 6.18 Å². The summed E-state index contributed by atoms with van der Waals surface area (Å²) in [7, 11) is 0. The zero-order valence-electron chi connectivity index (χ0n) is 16.1. The SMILES string of the molecule is O=C(Nc1ccc(Cl)cc1C(F)(F)F)[C@H](Sc1n[nH]c(-c2cccs2)n1)c1ccccc1. The Morgan fingerprint density at radius 3 is 2.59 bits per heavy atom. The Kier molecular flexibility index (Phi) is 6.54. The van der Waals surface area contributed by atoms with Crippen molar-refractivity contribution in [2.75, 3.05) is 5.32 Å². The average Bonchev–Trinajstić information content (AvgIpc) is 3.45. The molecule has 2 heterocycles. The highest BCUT2D eigenvalue weighted by Gasteiger charge is 2.35. The van der Waals surface area contributed by atoms with E-state index in [0.717, 1.165) is 28.8 Å². The summed E-state index contributed by atoms with van der Waals surface area (Å²) in [5.41, 5.74) is -0.796. The van der Waals surface area contributed by atoms with Crippen LogP contribution in [0.4, 0.5) is 18.9 Å². The van der Waals surface area contributed by atoms with Gasteiger partial charge in [0.1, 0.15) is 5.25 Å². The number of thioether (sulfide) groups is 1. The average molecular weight is 495 g/mol. The van der Waals surface area contributed by atoms with Crippen LogP contribution in [0.25, 0.3) is 10.7 Å². The third-order valence-corrected chi connectivity index (χ3v) is 6.56. The molecule has 0 aliphatic rings. The Hall–Kier alpha value is -2.82. The van der Waals surface area contributed by atoms with Crippen LogP contribution in [0.1, 0.15) is 16.4 Å². The maximum atomic E-state index is 13.4. The van der Waals surface area contributed by atoms with Crippen LogP contribution in [-0.4, -0.2) is 21.1 Å². The summed E-state index contributed by atoms with van der Waals surface area (Å²) in [6, 6.07) is 15.7. The first-order valence-corrected chi connectivity index (χ1v) is 11.3. The van der Waals surface area contributed by atoms with E-state index in [4.69, 9.17) is 11.6 Å². The molecule has 0 bridgehead atoms. The number of rotatable bonds is 6. The van der Waals surface area contributed by atoms with E-state index >= 15 is 0 Å². The number of aromatic amines is 1. The van der Waals surface area contributed by atoms with Gasteiger partial charge in [0.15, 0.2) is 5.82 Å². The minimum absolute atomic E-state index is 0.0777. The lowest BCUT2D eigenvalue weighted by Crippen LogP contribution is -2.21. The van der Waals surface area contributed by atoms with Crippen LogP contribution < -0.4 is 5.32 Å². The van der Waals surface area contributed by atoms with Crippen molar-refractivity contribution < 1.29 is 18.0 Å². The van der Waals surface area contributed by atoms with Crippen LogP contribution in [0.2, 0.25) is 5.02 Å². The predicted octanol–water partition coefficient (Wildman–Crippen LogP) is 6.68. The number of thiophene rings is 1. The number of carbonyl (C=O) groups is 1. The molecule has 32 heavy (non-hydrogen) atoms. The molecule has 4 rings (SSSR count). The zero-order valence-corrected chi connectivity index (χ0v) is 18.4. The Labute approximate surface area is 194 Å². The van der Waals surface area contributed by atoms with Crippen LogP contribution in [0.5, 0.6) is 0 Å². The van der Waals surface area contributed by atoms with E-state index in [0.29, 0.717) is 16.5 Å². The van der Waals surface area contributed by atoms with Gasteiger partial charge in [0.2, 0.25) is 11.1 Å². The highest BCUT2D eigenvalue weighted by Crippen LogP contribution is 2.39. The maximum absolute atomic E-state index is 13.4. The molecule has 0 saturated heterocycles. The lowest BCUT2D eigenvalue weighted by Gasteiger charge is -2.18. The molecule has 5 nitrogen and oxygen atoms in total. The monoisotopic (exact) mass is 494 g/mol. The lowest BCUT2D eigenvalue weighted by molar-refractivity contribution is -0.137. The number of carbonyl (C=O) groups excluding carboxylic acids is 1. The summed E-state index contributed by atoms with van der Waals surface area (Å²) in [6.07, 6.45) is -4.68. The highest BCUT2D eigenvalue weighted by atomic mass is 35.5. The van der Waals surface area contributed by atoms with Crippen molar-refractivity contribution in [1.82, 2.24) is 15.2 Å². The smallest absolute Gasteiger partial charge is 0.324 e. The van der Waals surface area contributed by atoms with E-state index in [-0.39, 0.29) is 10.7 Å². The van der Waals surface area contributed by atoms with Gasteiger partial charge in [-0.1, -0.05) is 59.8 Å². The highest BCUT2D eigenvalue weighted by molar-refractivity contribution is 8.00. The predicted molar refractivity (Wildman–Crippen MR) is 120 cm³/mol. The fourth-order valence-electron chi connectivity index (χ4n) is 2.89. The molecule has 11 heteroatoms. The van der Waals surface area contributed by atoms with E-state index in [9.17, 15) is 18.0 Å². The second-order valence-corrected chi connectivity index (χ2v) is 8.99. The summed E-state index contributed by atoms with van der Waals surface area (Å²) in [6.45, 7) is 0. The quantitative estimate of drug-likeness (QED) is 0.293. The van der Waals surface area contributed by atoms with E-state index in [1.54, 1.807) is 30.3 Å². The number of H-pyrrole nitrogens is 1. The van der Waals surface area contributed by atoms with Gasteiger partial charge in [-0.05, 0) is 35.2 Å². The fraction of sp³-hybridized carbons (Fsp3) is 0.0952. The minimum atomic E-state index is -4.68. The van der Waals surface area contributed by atoms with Gasteiger partial charge in [0.25, 0.3) is 0 Å². The molecular formula is C21H14ClF3N4OS2. The number of nitrogens with one attached hydrogen (secondary N) is 2. The first-order valence-electron chi connectivity index (χ1n) is 9.17. The maximum Gasteiger partial charge on any atom is 0.418 e. The molecule has 0 fully saturated rings. The van der Waals surface area contributed by atoms with Crippen LogP contribution >= 0.6 is 34.7 Å². The summed E-state index contributed by atoms with van der Waals surface area (Å²) in [4.78, 5) is 18.4. The number of nitrogens with zero attached hydrogens (tertiary/aromatic N) is 2. The van der Waals surface area contributed by atoms with Gasteiger partial charge in [0, 0.05) is 5.02 Å². The minimum Gasteiger partial charge on any atom is -0.324 e. The molecule has 0 aliphatic heterocycles. The van der Waals surface area contributed by atoms with Crippen molar-refractivity contribution in [3.8, 4) is 10.7 Å². The Morgan fingerprint density at radius 1 is 1.12 bits per heavy atom. The first kappa shape index (κ1) is 22.4. The number of halogens is 4. The van der Waals surface area contributed by atoms with E-state index in [2.05, 4.69) is 20.5 Å². The Bertz CT molecular complexity index is 1210. The van der Waals surface area contributed by atoms with E-state index in [1.165, 1.54) is 17.4 Å². The van der Waals surface area contributed by atoms with E-state index < -0.39 is 22.9 Å². The molecule has 0 radical (unpaired) electrons. The normalized spacial score (nSPS) is 12.5. The van der Waals surface area contributed by atoms with Gasteiger partial charge < -0.3 is 5.32 Å². The standard InChI is InChI=1S/C21H14ClF3N4OS2/c22-13-8-9-15(14(11-13)21(23,24)25)26-19(30)17(12-5-2-1-3-6-12)32-20-27-18(28-29-20)16-7-4-10-31-16/h1-11,17H,(H,26,30)(H,27,28,29)/t17-/m1/s1. The van der Waals surface area contributed by atoms with Crippen molar-refractivity contribution >= 4 is 46.3 Å². The third kappa shape index (κ3) is 5.14. The second-order valence-electron chi connectivity index (χ2n) is 6.53. The number of hydrogen-bond acceptors (Lipinski definition) is 5. The van der Waals surface area contributed by atoms with Crippen molar-refractivity contribution in [3.05, 3.63) is 82.2 Å². The number of anilines is 1. The number of alkyl halides is 3. The Balaban J connectivity index is 1.63. The summed E-state index contributed by atoms with van der Waals surface area (Å²) in [5.74, 6) is -0.0942. The molecule has 2 aromatic carbocycles. The molecular weight excluding hydrogens is 481 g/mol. The molecule has 4 aromatic rings. The molecule has 0 aliphatic carbocycles. The van der Waals surface area contributed by atoms with Gasteiger partial charge in [-0.2, -0.15) is 13.2 Å². The van der Waals surface area contributed by atoms with Gasteiger partial charge in [-0.3, -0.25) is 9.89 Å². The van der Waals surface area contributed by atoms with Crippen LogP contribution in [0, 0.1) is 0 Å². The van der Waals surface area contributed by atoms with Gasteiger partial charge in [-0.15, -0.1) is 16.4 Å². The van der Waals surface area contributed by atoms with Crippen molar-refractivity contribution in [1.29, 1.82) is 0 Å². The largest absolute Gasteiger partial charge is 0.418 e. The summed E-state index contributed by atoms with van der Waals surface area (Å²) < 4.78 is 40.3. The van der Waals surface area contributed by atoms with Crippen molar-refractivity contribution in [2.24, 2.45) is 0 Å². The van der Waals surface area contributed by atoms with Crippen LogP contribution in [-0.2, 0) is 11.0 Å². The first-order chi connectivity index (χ1) is 15.3. The second kappa shape index (κ2) is 9.35. The lowest BCUT2D eigenvalue weighted by atomic mass is 10.1. The molecule has 2 N–H and O–H groups in total. The third-order valence-electron chi connectivity index (χ3n) is 4.33. The number of hydrogen-bond donors (Lipinski definition) is 2. The number of benzene rings is 2. The topological polar surface area (TPSA) is 70.7 Å². The fourth-order valence-corrected chi connectivity index (χ4v) is 4.64. The van der Waals surface area contributed by atoms with Gasteiger partial charge in [-0.25, -0.2) is 4.98 Å². The molecule has 1 amide bonds. The summed E-state index contributed by atoms with van der Waals surface area (Å²) in [5, 5.41) is 10.6. The molecule has 0 spiro atoms. The number of amides is 1. The van der Waals surface area contributed by atoms with E-state index in [1.807, 2.05) is 17.5 Å². The molecule has 1 atom stereocenters. The zero-order chi connectivity index (χ0) is 22.7.